The second kappa shape index (κ2) is 8.12. The number of hydrogen-bond donors (Lipinski definition) is 2. The number of nitrogens with one attached hydrogen (secondary N) is 2. The number of hydrogen-bond acceptors (Lipinski definition) is 2. The summed E-state index contributed by atoms with van der Waals surface area (Å²) in [5.74, 6) is 1.93. The molecule has 0 aromatic carbocycles. The molecular weight excluding hydrogens is 184 g/mol. The van der Waals surface area contributed by atoms with Gasteiger partial charge in [-0.05, 0) is 44.2 Å². The molecule has 0 heterocycles. The van der Waals surface area contributed by atoms with Gasteiger partial charge < -0.3 is 10.6 Å². The Hall–Kier alpha value is -0.0800. The lowest BCUT2D eigenvalue weighted by Crippen LogP contribution is -2.32. The largest absolute Gasteiger partial charge is 0.315 e. The Bertz CT molecular complexity index is 139. The SMILES string of the molecule is CCCNCCNCC1CCC(C)CC1. The molecule has 0 unspecified atom stereocenters. The Balaban J connectivity index is 1.87. The minimum atomic E-state index is 0.951. The van der Waals surface area contributed by atoms with Gasteiger partial charge in [0.25, 0.3) is 0 Å². The first-order chi connectivity index (χ1) is 7.33. The van der Waals surface area contributed by atoms with Crippen molar-refractivity contribution >= 4 is 0 Å². The van der Waals surface area contributed by atoms with E-state index in [0.717, 1.165) is 31.5 Å². The lowest BCUT2D eigenvalue weighted by molar-refractivity contribution is 0.282. The minimum absolute atomic E-state index is 0.951. The van der Waals surface area contributed by atoms with Crippen LogP contribution in [0.5, 0.6) is 0 Å². The molecule has 1 fully saturated rings. The van der Waals surface area contributed by atoms with E-state index in [-0.39, 0.29) is 0 Å². The van der Waals surface area contributed by atoms with E-state index in [2.05, 4.69) is 24.5 Å². The third-order valence-corrected chi connectivity index (χ3v) is 3.47. The summed E-state index contributed by atoms with van der Waals surface area (Å²) < 4.78 is 0. The molecule has 90 valence electrons. The molecule has 0 aromatic rings. The zero-order valence-electron chi connectivity index (χ0n) is 10.5. The first-order valence-corrected chi connectivity index (χ1v) is 6.74. The molecule has 1 saturated carbocycles. The molecule has 0 aromatic heterocycles. The molecule has 2 heteroatoms. The molecule has 0 amide bonds. The van der Waals surface area contributed by atoms with E-state index in [1.807, 2.05) is 0 Å². The summed E-state index contributed by atoms with van der Waals surface area (Å²) in [5, 5.41) is 6.98. The van der Waals surface area contributed by atoms with Crippen LogP contribution >= 0.6 is 0 Å². The van der Waals surface area contributed by atoms with Crippen molar-refractivity contribution in [1.29, 1.82) is 0 Å². The van der Waals surface area contributed by atoms with E-state index in [1.54, 1.807) is 0 Å². The van der Waals surface area contributed by atoms with Crippen molar-refractivity contribution in [2.24, 2.45) is 11.8 Å². The topological polar surface area (TPSA) is 24.1 Å². The lowest BCUT2D eigenvalue weighted by atomic mass is 9.83. The first kappa shape index (κ1) is 13.0. The van der Waals surface area contributed by atoms with Crippen LogP contribution in [-0.2, 0) is 0 Å². The highest BCUT2D eigenvalue weighted by atomic mass is 14.9. The average molecular weight is 212 g/mol. The molecule has 1 rings (SSSR count). The molecule has 2 N–H and O–H groups in total. The third-order valence-electron chi connectivity index (χ3n) is 3.47. The molecule has 0 bridgehead atoms. The van der Waals surface area contributed by atoms with Crippen LogP contribution in [0.3, 0.4) is 0 Å². The summed E-state index contributed by atoms with van der Waals surface area (Å²) in [5.41, 5.74) is 0. The van der Waals surface area contributed by atoms with Crippen molar-refractivity contribution in [1.82, 2.24) is 10.6 Å². The maximum Gasteiger partial charge on any atom is 0.00768 e. The lowest BCUT2D eigenvalue weighted by Gasteiger charge is -2.26. The maximum atomic E-state index is 3.57. The fourth-order valence-electron chi connectivity index (χ4n) is 2.32. The van der Waals surface area contributed by atoms with Crippen molar-refractivity contribution in [3.8, 4) is 0 Å². The van der Waals surface area contributed by atoms with Crippen LogP contribution < -0.4 is 10.6 Å². The van der Waals surface area contributed by atoms with Gasteiger partial charge in [-0.15, -0.1) is 0 Å². The molecule has 2 nitrogen and oxygen atoms in total. The first-order valence-electron chi connectivity index (χ1n) is 6.74. The standard InChI is InChI=1S/C13H28N2/c1-3-8-14-9-10-15-11-13-6-4-12(2)5-7-13/h12-15H,3-11H2,1-2H3. The van der Waals surface area contributed by atoms with Crippen LogP contribution in [0.4, 0.5) is 0 Å². The summed E-state index contributed by atoms with van der Waals surface area (Å²) in [6, 6.07) is 0. The van der Waals surface area contributed by atoms with Crippen LogP contribution in [0.1, 0.15) is 46.0 Å². The van der Waals surface area contributed by atoms with Gasteiger partial charge in [-0.2, -0.15) is 0 Å². The van der Waals surface area contributed by atoms with Crippen molar-refractivity contribution in [2.45, 2.75) is 46.0 Å². The number of rotatable bonds is 7. The van der Waals surface area contributed by atoms with Crippen molar-refractivity contribution in [3.63, 3.8) is 0 Å². The second-order valence-electron chi connectivity index (χ2n) is 5.08. The predicted octanol–water partition coefficient (Wildman–Crippen LogP) is 2.40. The summed E-state index contributed by atoms with van der Waals surface area (Å²) in [6.07, 6.45) is 7.01. The van der Waals surface area contributed by atoms with Gasteiger partial charge in [0.15, 0.2) is 0 Å². The van der Waals surface area contributed by atoms with Gasteiger partial charge in [0.05, 0.1) is 0 Å². The monoisotopic (exact) mass is 212 g/mol. The van der Waals surface area contributed by atoms with Gasteiger partial charge in [-0.1, -0.05) is 26.7 Å². The molecule has 1 aliphatic carbocycles. The fraction of sp³-hybridized carbons (Fsp3) is 1.00. The van der Waals surface area contributed by atoms with Gasteiger partial charge in [0.2, 0.25) is 0 Å². The molecule has 0 saturated heterocycles. The molecule has 0 radical (unpaired) electrons. The smallest absolute Gasteiger partial charge is 0.00768 e. The zero-order valence-corrected chi connectivity index (χ0v) is 10.5. The quantitative estimate of drug-likeness (QED) is 0.633. The average Bonchev–Trinajstić information content (AvgIpc) is 2.26. The van der Waals surface area contributed by atoms with E-state index < -0.39 is 0 Å². The van der Waals surface area contributed by atoms with Crippen molar-refractivity contribution in [2.75, 3.05) is 26.2 Å². The van der Waals surface area contributed by atoms with E-state index in [0.29, 0.717) is 0 Å². The molecule has 0 atom stereocenters. The normalized spacial score (nSPS) is 26.8. The van der Waals surface area contributed by atoms with Gasteiger partial charge in [-0.25, -0.2) is 0 Å². The third kappa shape index (κ3) is 6.16. The summed E-state index contributed by atoms with van der Waals surface area (Å²) in [4.78, 5) is 0. The Labute approximate surface area is 95.2 Å². The van der Waals surface area contributed by atoms with E-state index in [9.17, 15) is 0 Å². The van der Waals surface area contributed by atoms with E-state index in [1.165, 1.54) is 38.6 Å². The second-order valence-corrected chi connectivity index (χ2v) is 5.08. The zero-order chi connectivity index (χ0) is 10.9. The van der Waals surface area contributed by atoms with Crippen LogP contribution in [0.25, 0.3) is 0 Å². The van der Waals surface area contributed by atoms with Crippen molar-refractivity contribution < 1.29 is 0 Å². The highest BCUT2D eigenvalue weighted by Crippen LogP contribution is 2.27. The van der Waals surface area contributed by atoms with E-state index >= 15 is 0 Å². The highest BCUT2D eigenvalue weighted by molar-refractivity contribution is 4.71. The summed E-state index contributed by atoms with van der Waals surface area (Å²) in [7, 11) is 0. The maximum absolute atomic E-state index is 3.57. The van der Waals surface area contributed by atoms with Crippen LogP contribution in [0, 0.1) is 11.8 Å². The summed E-state index contributed by atoms with van der Waals surface area (Å²) in [6.45, 7) is 9.24. The Kier molecular flexibility index (Phi) is 7.03. The Morgan fingerprint density at radius 3 is 2.27 bits per heavy atom. The van der Waals surface area contributed by atoms with Crippen LogP contribution in [-0.4, -0.2) is 26.2 Å². The van der Waals surface area contributed by atoms with Gasteiger partial charge in [-0.3, -0.25) is 0 Å². The molecule has 0 aliphatic heterocycles. The molecule has 1 aliphatic rings. The fourth-order valence-corrected chi connectivity index (χ4v) is 2.32. The molecule has 0 spiro atoms. The van der Waals surface area contributed by atoms with Gasteiger partial charge >= 0.3 is 0 Å². The highest BCUT2D eigenvalue weighted by Gasteiger charge is 2.17. The van der Waals surface area contributed by atoms with Gasteiger partial charge in [0.1, 0.15) is 0 Å². The predicted molar refractivity (Wildman–Crippen MR) is 67.2 cm³/mol. The summed E-state index contributed by atoms with van der Waals surface area (Å²) >= 11 is 0. The Morgan fingerprint density at radius 2 is 1.60 bits per heavy atom. The van der Waals surface area contributed by atoms with Crippen LogP contribution in [0.2, 0.25) is 0 Å². The van der Waals surface area contributed by atoms with Crippen molar-refractivity contribution in [3.05, 3.63) is 0 Å². The minimum Gasteiger partial charge on any atom is -0.315 e. The van der Waals surface area contributed by atoms with Crippen LogP contribution in [0.15, 0.2) is 0 Å². The molecular formula is C13H28N2. The van der Waals surface area contributed by atoms with Gasteiger partial charge in [0, 0.05) is 13.1 Å². The van der Waals surface area contributed by atoms with E-state index in [4.69, 9.17) is 0 Å². The molecule has 15 heavy (non-hydrogen) atoms. The Morgan fingerprint density at radius 1 is 0.933 bits per heavy atom.